The number of rotatable bonds is 2. The van der Waals surface area contributed by atoms with Gasteiger partial charge in [-0.3, -0.25) is 0 Å². The lowest BCUT2D eigenvalue weighted by molar-refractivity contribution is 1.10. The molecule has 2 rings (SSSR count). The number of fused-ring (bicyclic) bond motifs is 1. The minimum atomic E-state index is 0.343. The van der Waals surface area contributed by atoms with Gasteiger partial charge in [0.2, 0.25) is 0 Å². The van der Waals surface area contributed by atoms with Gasteiger partial charge in [-0.25, -0.2) is 0 Å². The predicted molar refractivity (Wildman–Crippen MR) is 70.8 cm³/mol. The molecule has 2 heteroatoms. The molecule has 15 heavy (non-hydrogen) atoms. The lowest BCUT2D eigenvalue weighted by atomic mass is 9.99. The van der Waals surface area contributed by atoms with E-state index in [1.165, 1.54) is 21.9 Å². The summed E-state index contributed by atoms with van der Waals surface area (Å²) < 4.78 is 0. The average Bonchev–Trinajstić information content (AvgIpc) is 2.27. The molecule has 0 radical (unpaired) electrons. The standard InChI is InChI=1S/C13H12BrCl/c1-9(14)11-7-6-10-4-2-3-5-12(10)13(11)8-15/h2-7,9H,8H2,1H3. The average molecular weight is 284 g/mol. The number of hydrogen-bond donors (Lipinski definition) is 0. The van der Waals surface area contributed by atoms with Gasteiger partial charge in [-0.2, -0.15) is 0 Å². The molecule has 0 aliphatic heterocycles. The van der Waals surface area contributed by atoms with Crippen molar-refractivity contribution < 1.29 is 0 Å². The van der Waals surface area contributed by atoms with Gasteiger partial charge in [-0.15, -0.1) is 11.6 Å². The van der Waals surface area contributed by atoms with Gasteiger partial charge in [0.05, 0.1) is 0 Å². The van der Waals surface area contributed by atoms with E-state index < -0.39 is 0 Å². The third-order valence-electron chi connectivity index (χ3n) is 2.64. The Balaban J connectivity index is 2.75. The van der Waals surface area contributed by atoms with Crippen molar-refractivity contribution >= 4 is 38.3 Å². The van der Waals surface area contributed by atoms with Gasteiger partial charge < -0.3 is 0 Å². The normalized spacial score (nSPS) is 13.0. The Morgan fingerprint density at radius 1 is 1.20 bits per heavy atom. The topological polar surface area (TPSA) is 0 Å². The van der Waals surface area contributed by atoms with E-state index in [-0.39, 0.29) is 0 Å². The van der Waals surface area contributed by atoms with Crippen LogP contribution in [0.15, 0.2) is 36.4 Å². The monoisotopic (exact) mass is 282 g/mol. The van der Waals surface area contributed by atoms with Gasteiger partial charge >= 0.3 is 0 Å². The molecule has 78 valence electrons. The highest BCUT2D eigenvalue weighted by molar-refractivity contribution is 9.09. The molecule has 0 aromatic heterocycles. The molecule has 0 nitrogen and oxygen atoms in total. The molecule has 0 spiro atoms. The van der Waals surface area contributed by atoms with E-state index in [4.69, 9.17) is 11.6 Å². The Hall–Kier alpha value is -0.530. The zero-order chi connectivity index (χ0) is 10.8. The van der Waals surface area contributed by atoms with Gasteiger partial charge in [0.1, 0.15) is 0 Å². The van der Waals surface area contributed by atoms with Crippen LogP contribution in [0.3, 0.4) is 0 Å². The SMILES string of the molecule is CC(Br)c1ccc2ccccc2c1CCl. The fourth-order valence-corrected chi connectivity index (χ4v) is 2.60. The highest BCUT2D eigenvalue weighted by Gasteiger charge is 2.09. The third kappa shape index (κ3) is 2.04. The lowest BCUT2D eigenvalue weighted by Crippen LogP contribution is -1.93. The number of halogens is 2. The van der Waals surface area contributed by atoms with E-state index in [0.717, 1.165) is 0 Å². The van der Waals surface area contributed by atoms with E-state index in [2.05, 4.69) is 59.3 Å². The van der Waals surface area contributed by atoms with Crippen LogP contribution < -0.4 is 0 Å². The minimum absolute atomic E-state index is 0.343. The van der Waals surface area contributed by atoms with E-state index in [0.29, 0.717) is 10.7 Å². The first-order chi connectivity index (χ1) is 7.24. The van der Waals surface area contributed by atoms with Crippen molar-refractivity contribution in [2.24, 2.45) is 0 Å². The molecule has 0 saturated carbocycles. The molecule has 0 aliphatic rings. The maximum absolute atomic E-state index is 6.03. The Morgan fingerprint density at radius 3 is 2.60 bits per heavy atom. The first kappa shape index (κ1) is 11.0. The van der Waals surface area contributed by atoms with E-state index >= 15 is 0 Å². The highest BCUT2D eigenvalue weighted by atomic mass is 79.9. The van der Waals surface area contributed by atoms with Crippen molar-refractivity contribution in [3.05, 3.63) is 47.5 Å². The summed E-state index contributed by atoms with van der Waals surface area (Å²) in [5, 5.41) is 2.52. The van der Waals surface area contributed by atoms with Gasteiger partial charge in [0.15, 0.2) is 0 Å². The fourth-order valence-electron chi connectivity index (χ4n) is 1.87. The molecule has 1 unspecified atom stereocenters. The molecule has 0 fully saturated rings. The molecule has 0 aliphatic carbocycles. The van der Waals surface area contributed by atoms with Crippen LogP contribution in [0, 0.1) is 0 Å². The van der Waals surface area contributed by atoms with Crippen molar-refractivity contribution in [1.82, 2.24) is 0 Å². The van der Waals surface area contributed by atoms with E-state index in [1.807, 2.05) is 0 Å². The maximum atomic E-state index is 6.03. The van der Waals surface area contributed by atoms with Gasteiger partial charge in [0, 0.05) is 10.7 Å². The number of benzene rings is 2. The van der Waals surface area contributed by atoms with E-state index in [9.17, 15) is 0 Å². The third-order valence-corrected chi connectivity index (χ3v) is 3.40. The summed E-state index contributed by atoms with van der Waals surface area (Å²) in [6, 6.07) is 12.7. The van der Waals surface area contributed by atoms with Crippen LogP contribution in [-0.4, -0.2) is 0 Å². The Labute approximate surface area is 103 Å². The molecular formula is C13H12BrCl. The summed E-state index contributed by atoms with van der Waals surface area (Å²) in [7, 11) is 0. The van der Waals surface area contributed by atoms with Crippen LogP contribution in [-0.2, 0) is 5.88 Å². The first-order valence-corrected chi connectivity index (χ1v) is 6.39. The summed E-state index contributed by atoms with van der Waals surface area (Å²) in [5.74, 6) is 0.562. The Kier molecular flexibility index (Phi) is 3.32. The predicted octanol–water partition coefficient (Wildman–Crippen LogP) is 5.03. The highest BCUT2D eigenvalue weighted by Crippen LogP contribution is 2.31. The summed E-state index contributed by atoms with van der Waals surface area (Å²) in [5.41, 5.74) is 2.52. The van der Waals surface area contributed by atoms with E-state index in [1.54, 1.807) is 0 Å². The van der Waals surface area contributed by atoms with Crippen LogP contribution in [0.5, 0.6) is 0 Å². The quantitative estimate of drug-likeness (QED) is 0.678. The van der Waals surface area contributed by atoms with Crippen LogP contribution in [0.2, 0.25) is 0 Å². The zero-order valence-corrected chi connectivity index (χ0v) is 10.8. The van der Waals surface area contributed by atoms with Crippen molar-refractivity contribution in [1.29, 1.82) is 0 Å². The van der Waals surface area contributed by atoms with Crippen molar-refractivity contribution in [2.45, 2.75) is 17.6 Å². The first-order valence-electron chi connectivity index (χ1n) is 4.94. The van der Waals surface area contributed by atoms with Crippen molar-refractivity contribution in [3.8, 4) is 0 Å². The van der Waals surface area contributed by atoms with Crippen molar-refractivity contribution in [2.75, 3.05) is 0 Å². The number of alkyl halides is 2. The molecule has 0 saturated heterocycles. The molecular weight excluding hydrogens is 271 g/mol. The Bertz CT molecular complexity index is 477. The second-order valence-corrected chi connectivity index (χ2v) is 5.24. The van der Waals surface area contributed by atoms with Crippen LogP contribution >= 0.6 is 27.5 Å². The second kappa shape index (κ2) is 4.54. The van der Waals surface area contributed by atoms with Gasteiger partial charge in [0.25, 0.3) is 0 Å². The maximum Gasteiger partial charge on any atom is 0.0483 e. The van der Waals surface area contributed by atoms with Crippen LogP contribution in [0.1, 0.15) is 22.9 Å². The molecule has 2 aromatic rings. The van der Waals surface area contributed by atoms with Crippen molar-refractivity contribution in [3.63, 3.8) is 0 Å². The summed E-state index contributed by atoms with van der Waals surface area (Å²) in [6.07, 6.45) is 0. The van der Waals surface area contributed by atoms with Crippen LogP contribution in [0.25, 0.3) is 10.8 Å². The minimum Gasteiger partial charge on any atom is -0.122 e. The largest absolute Gasteiger partial charge is 0.122 e. The van der Waals surface area contributed by atoms with Gasteiger partial charge in [-0.05, 0) is 28.8 Å². The molecule has 0 N–H and O–H groups in total. The molecule has 0 heterocycles. The smallest absolute Gasteiger partial charge is 0.0483 e. The lowest BCUT2D eigenvalue weighted by Gasteiger charge is -2.12. The summed E-state index contributed by atoms with van der Waals surface area (Å²) >= 11 is 9.64. The summed E-state index contributed by atoms with van der Waals surface area (Å²) in [6.45, 7) is 2.13. The molecule has 0 bridgehead atoms. The Morgan fingerprint density at radius 2 is 1.93 bits per heavy atom. The molecule has 0 amide bonds. The summed E-state index contributed by atoms with van der Waals surface area (Å²) in [4.78, 5) is 0.343. The zero-order valence-electron chi connectivity index (χ0n) is 8.50. The molecule has 2 aromatic carbocycles. The van der Waals surface area contributed by atoms with Crippen LogP contribution in [0.4, 0.5) is 0 Å². The number of hydrogen-bond acceptors (Lipinski definition) is 0. The van der Waals surface area contributed by atoms with Gasteiger partial charge in [-0.1, -0.05) is 52.3 Å². The second-order valence-electron chi connectivity index (χ2n) is 3.60. The molecule has 1 atom stereocenters. The fraction of sp³-hybridized carbons (Fsp3) is 0.231.